The number of rotatable bonds is 6. The second kappa shape index (κ2) is 9.92. The molecule has 1 aliphatic carbocycles. The molecular formula is C22H35N5O. The normalized spacial score (nSPS) is 21.1. The van der Waals surface area contributed by atoms with E-state index < -0.39 is 0 Å². The van der Waals surface area contributed by atoms with Crippen molar-refractivity contribution < 1.29 is 4.79 Å². The zero-order valence-electron chi connectivity index (χ0n) is 17.6. The second-order valence-electron chi connectivity index (χ2n) is 8.21. The zero-order valence-corrected chi connectivity index (χ0v) is 17.6. The van der Waals surface area contributed by atoms with Gasteiger partial charge in [0.2, 0.25) is 0 Å². The fourth-order valence-corrected chi connectivity index (χ4v) is 4.34. The number of carbonyl (C=O) groups excluding carboxylic acids is 1. The van der Waals surface area contributed by atoms with E-state index in [2.05, 4.69) is 26.6 Å². The minimum Gasteiger partial charge on any atom is -0.356 e. The fourth-order valence-electron chi connectivity index (χ4n) is 4.34. The number of nitrogens with zero attached hydrogens (tertiary/aromatic N) is 3. The molecule has 2 aliphatic rings. The van der Waals surface area contributed by atoms with Crippen molar-refractivity contribution >= 4 is 11.9 Å². The average molecular weight is 386 g/mol. The summed E-state index contributed by atoms with van der Waals surface area (Å²) in [4.78, 5) is 20.8. The number of amides is 1. The highest BCUT2D eigenvalue weighted by Crippen LogP contribution is 2.26. The lowest BCUT2D eigenvalue weighted by Crippen LogP contribution is -2.45. The molecule has 1 atom stereocenters. The third-order valence-corrected chi connectivity index (χ3v) is 5.91. The lowest BCUT2D eigenvalue weighted by Gasteiger charge is -2.24. The number of nitrogens with one attached hydrogen (secondary N) is 2. The molecule has 0 aromatic heterocycles. The molecule has 1 aliphatic heterocycles. The lowest BCUT2D eigenvalue weighted by molar-refractivity contribution is 0.0827. The smallest absolute Gasteiger partial charge is 0.253 e. The molecule has 154 valence electrons. The molecule has 0 radical (unpaired) electrons. The molecule has 1 unspecified atom stereocenters. The molecule has 1 saturated heterocycles. The van der Waals surface area contributed by atoms with E-state index in [9.17, 15) is 4.79 Å². The van der Waals surface area contributed by atoms with Crippen LogP contribution in [0.4, 0.5) is 0 Å². The standard InChI is InChI=1S/C22H35N5O/c1-23-22(25-19-12-14-27(16-19)20-9-4-5-10-20)24-13-11-17-7-6-8-18(15-17)21(28)26(2)3/h6-8,15,19-20H,4-5,9-14,16H2,1-3H3,(H2,23,24,25). The Bertz CT molecular complexity index is 681. The first kappa shape index (κ1) is 20.6. The molecule has 1 aromatic rings. The van der Waals surface area contributed by atoms with Gasteiger partial charge in [-0.05, 0) is 43.4 Å². The predicted molar refractivity (Wildman–Crippen MR) is 115 cm³/mol. The van der Waals surface area contributed by atoms with Gasteiger partial charge < -0.3 is 15.5 Å². The van der Waals surface area contributed by atoms with Crippen LogP contribution in [0.25, 0.3) is 0 Å². The van der Waals surface area contributed by atoms with Gasteiger partial charge >= 0.3 is 0 Å². The van der Waals surface area contributed by atoms with E-state index in [4.69, 9.17) is 0 Å². The van der Waals surface area contributed by atoms with E-state index in [1.807, 2.05) is 25.2 Å². The van der Waals surface area contributed by atoms with Crippen LogP contribution in [0.1, 0.15) is 48.0 Å². The Labute approximate surface area is 169 Å². The van der Waals surface area contributed by atoms with Gasteiger partial charge in [0.05, 0.1) is 0 Å². The number of likely N-dealkylation sites (tertiary alicyclic amines) is 1. The number of hydrogen-bond donors (Lipinski definition) is 2. The molecule has 0 bridgehead atoms. The van der Waals surface area contributed by atoms with Gasteiger partial charge in [-0.1, -0.05) is 25.0 Å². The summed E-state index contributed by atoms with van der Waals surface area (Å²) in [7, 11) is 5.39. The van der Waals surface area contributed by atoms with Gasteiger partial charge in [-0.15, -0.1) is 0 Å². The topological polar surface area (TPSA) is 60.0 Å². The number of hydrogen-bond acceptors (Lipinski definition) is 3. The first-order chi connectivity index (χ1) is 13.6. The Morgan fingerprint density at radius 1 is 1.25 bits per heavy atom. The van der Waals surface area contributed by atoms with Gasteiger partial charge in [-0.3, -0.25) is 14.7 Å². The molecule has 28 heavy (non-hydrogen) atoms. The molecule has 1 aromatic carbocycles. The Balaban J connectivity index is 1.43. The average Bonchev–Trinajstić information content (AvgIpc) is 3.38. The number of aliphatic imine (C=N–C) groups is 1. The molecule has 1 heterocycles. The van der Waals surface area contributed by atoms with Crippen molar-refractivity contribution in [2.75, 3.05) is 40.8 Å². The van der Waals surface area contributed by atoms with Crippen LogP contribution in [-0.4, -0.2) is 74.5 Å². The van der Waals surface area contributed by atoms with E-state index in [1.165, 1.54) is 38.6 Å². The summed E-state index contributed by atoms with van der Waals surface area (Å²) < 4.78 is 0. The van der Waals surface area contributed by atoms with Crippen molar-refractivity contribution in [3.8, 4) is 0 Å². The van der Waals surface area contributed by atoms with Crippen molar-refractivity contribution in [1.29, 1.82) is 0 Å². The first-order valence-electron chi connectivity index (χ1n) is 10.6. The lowest BCUT2D eigenvalue weighted by atomic mass is 10.1. The largest absolute Gasteiger partial charge is 0.356 e. The Hall–Kier alpha value is -2.08. The summed E-state index contributed by atoms with van der Waals surface area (Å²) in [5.41, 5.74) is 1.90. The number of benzene rings is 1. The third-order valence-electron chi connectivity index (χ3n) is 5.91. The monoisotopic (exact) mass is 385 g/mol. The van der Waals surface area contributed by atoms with Crippen molar-refractivity contribution in [2.24, 2.45) is 4.99 Å². The zero-order chi connectivity index (χ0) is 19.9. The van der Waals surface area contributed by atoms with Gasteiger partial charge in [-0.25, -0.2) is 0 Å². The Morgan fingerprint density at radius 2 is 2.04 bits per heavy atom. The van der Waals surface area contributed by atoms with Gasteiger partial charge in [0.15, 0.2) is 5.96 Å². The third kappa shape index (κ3) is 5.47. The van der Waals surface area contributed by atoms with Crippen LogP contribution in [0, 0.1) is 0 Å². The van der Waals surface area contributed by atoms with E-state index in [-0.39, 0.29) is 5.91 Å². The van der Waals surface area contributed by atoms with Gasteiger partial charge in [0, 0.05) is 58.4 Å². The highest BCUT2D eigenvalue weighted by molar-refractivity contribution is 5.94. The van der Waals surface area contributed by atoms with Gasteiger partial charge in [0.1, 0.15) is 0 Å². The van der Waals surface area contributed by atoms with E-state index in [0.29, 0.717) is 6.04 Å². The molecule has 6 nitrogen and oxygen atoms in total. The van der Waals surface area contributed by atoms with Crippen LogP contribution in [0.15, 0.2) is 29.3 Å². The van der Waals surface area contributed by atoms with Crippen molar-refractivity contribution in [3.63, 3.8) is 0 Å². The summed E-state index contributed by atoms with van der Waals surface area (Å²) in [5, 5.41) is 7.01. The quantitative estimate of drug-likeness (QED) is 0.582. The maximum atomic E-state index is 12.1. The molecule has 3 rings (SSSR count). The van der Waals surface area contributed by atoms with Gasteiger partial charge in [-0.2, -0.15) is 0 Å². The van der Waals surface area contributed by atoms with E-state index in [1.54, 1.807) is 19.0 Å². The highest BCUT2D eigenvalue weighted by Gasteiger charge is 2.30. The van der Waals surface area contributed by atoms with Crippen molar-refractivity contribution in [2.45, 2.75) is 50.6 Å². The summed E-state index contributed by atoms with van der Waals surface area (Å²) in [5.74, 6) is 0.916. The Kier molecular flexibility index (Phi) is 7.31. The van der Waals surface area contributed by atoms with Crippen LogP contribution in [0.3, 0.4) is 0 Å². The molecule has 2 N–H and O–H groups in total. The van der Waals surface area contributed by atoms with Crippen LogP contribution in [0.5, 0.6) is 0 Å². The van der Waals surface area contributed by atoms with Crippen molar-refractivity contribution in [3.05, 3.63) is 35.4 Å². The highest BCUT2D eigenvalue weighted by atomic mass is 16.2. The molecule has 6 heteroatoms. The second-order valence-corrected chi connectivity index (χ2v) is 8.21. The van der Waals surface area contributed by atoms with Crippen LogP contribution < -0.4 is 10.6 Å². The SMILES string of the molecule is CN=C(NCCc1cccc(C(=O)N(C)C)c1)NC1CCN(C2CCCC2)C1. The minimum absolute atomic E-state index is 0.0420. The van der Waals surface area contributed by atoms with Crippen LogP contribution in [0.2, 0.25) is 0 Å². The predicted octanol–water partition coefficient (Wildman–Crippen LogP) is 2.11. The van der Waals surface area contributed by atoms with E-state index in [0.717, 1.165) is 42.6 Å². The van der Waals surface area contributed by atoms with Gasteiger partial charge in [0.25, 0.3) is 5.91 Å². The van der Waals surface area contributed by atoms with Crippen LogP contribution in [-0.2, 0) is 6.42 Å². The molecule has 1 saturated carbocycles. The number of carbonyl (C=O) groups is 1. The molecule has 1 amide bonds. The summed E-state index contributed by atoms with van der Waals surface area (Å²) >= 11 is 0. The minimum atomic E-state index is 0.0420. The summed E-state index contributed by atoms with van der Waals surface area (Å²) in [6.45, 7) is 3.12. The molecule has 0 spiro atoms. The maximum absolute atomic E-state index is 12.1. The fraction of sp³-hybridized carbons (Fsp3) is 0.636. The number of guanidine groups is 1. The summed E-state index contributed by atoms with van der Waals surface area (Å²) in [6, 6.07) is 9.16. The van der Waals surface area contributed by atoms with E-state index >= 15 is 0 Å². The molecular weight excluding hydrogens is 350 g/mol. The summed E-state index contributed by atoms with van der Waals surface area (Å²) in [6.07, 6.45) is 7.57. The van der Waals surface area contributed by atoms with Crippen LogP contribution >= 0.6 is 0 Å². The first-order valence-corrected chi connectivity index (χ1v) is 10.6. The maximum Gasteiger partial charge on any atom is 0.253 e. The molecule has 2 fully saturated rings. The van der Waals surface area contributed by atoms with Crippen molar-refractivity contribution in [1.82, 2.24) is 20.4 Å². The Morgan fingerprint density at radius 3 is 2.75 bits per heavy atom.